The maximum Gasteiger partial charge on any atom is 0.254 e. The van der Waals surface area contributed by atoms with Gasteiger partial charge in [0, 0.05) is 16.3 Å². The third kappa shape index (κ3) is 3.35. The van der Waals surface area contributed by atoms with Crippen molar-refractivity contribution < 1.29 is 14.3 Å². The standard InChI is InChI=1S/C20H18BrN3O3/c1-27-16-5-2-13(3-6-16)12-23-19(25)9-8-18(20(23)26)24-17-7-4-15(21)10-14(17)11-22-24/h2-7,10-11,18H,8-9,12H2,1H3. The summed E-state index contributed by atoms with van der Waals surface area (Å²) in [5.74, 6) is 0.378. The van der Waals surface area contributed by atoms with E-state index < -0.39 is 6.04 Å². The Labute approximate surface area is 164 Å². The summed E-state index contributed by atoms with van der Waals surface area (Å²) >= 11 is 3.45. The number of piperidine rings is 1. The van der Waals surface area contributed by atoms with Gasteiger partial charge in [-0.05, 0) is 42.3 Å². The van der Waals surface area contributed by atoms with Crippen molar-refractivity contribution in [3.63, 3.8) is 0 Å². The van der Waals surface area contributed by atoms with Crippen LogP contribution in [-0.4, -0.2) is 33.6 Å². The van der Waals surface area contributed by atoms with Crippen LogP contribution in [0.15, 0.2) is 53.1 Å². The number of ether oxygens (including phenoxy) is 1. The van der Waals surface area contributed by atoms with E-state index in [-0.39, 0.29) is 18.4 Å². The molecule has 138 valence electrons. The molecule has 1 aliphatic heterocycles. The fourth-order valence-corrected chi connectivity index (χ4v) is 3.78. The maximum atomic E-state index is 13.1. The van der Waals surface area contributed by atoms with Crippen molar-refractivity contribution in [3.05, 3.63) is 58.7 Å². The number of amides is 2. The molecule has 0 N–H and O–H groups in total. The van der Waals surface area contributed by atoms with E-state index in [1.54, 1.807) is 18.0 Å². The number of hydrogen-bond donors (Lipinski definition) is 0. The molecule has 1 saturated heterocycles. The average molecular weight is 428 g/mol. The molecule has 2 heterocycles. The second-order valence-electron chi connectivity index (χ2n) is 6.51. The van der Waals surface area contributed by atoms with Crippen molar-refractivity contribution in [3.8, 4) is 5.75 Å². The Morgan fingerprint density at radius 2 is 1.96 bits per heavy atom. The highest BCUT2D eigenvalue weighted by Gasteiger charge is 2.36. The quantitative estimate of drug-likeness (QED) is 0.595. The summed E-state index contributed by atoms with van der Waals surface area (Å²) in [6, 6.07) is 12.7. The lowest BCUT2D eigenvalue weighted by atomic mass is 10.0. The van der Waals surface area contributed by atoms with E-state index in [0.717, 1.165) is 26.7 Å². The van der Waals surface area contributed by atoms with Crippen LogP contribution in [0, 0.1) is 0 Å². The molecule has 7 heteroatoms. The van der Waals surface area contributed by atoms with Gasteiger partial charge in [0.15, 0.2) is 0 Å². The first kappa shape index (κ1) is 17.7. The zero-order chi connectivity index (χ0) is 19.0. The van der Waals surface area contributed by atoms with Crippen LogP contribution in [0.5, 0.6) is 5.75 Å². The van der Waals surface area contributed by atoms with E-state index in [2.05, 4.69) is 21.0 Å². The number of carbonyl (C=O) groups is 2. The largest absolute Gasteiger partial charge is 0.497 e. The van der Waals surface area contributed by atoms with Crippen LogP contribution in [0.2, 0.25) is 0 Å². The molecule has 3 aromatic rings. The zero-order valence-electron chi connectivity index (χ0n) is 14.8. The Hall–Kier alpha value is -2.67. The number of aromatic nitrogens is 2. The Balaban J connectivity index is 1.61. The minimum Gasteiger partial charge on any atom is -0.497 e. The molecular weight excluding hydrogens is 410 g/mol. The van der Waals surface area contributed by atoms with Gasteiger partial charge in [-0.2, -0.15) is 5.10 Å². The predicted molar refractivity (Wildman–Crippen MR) is 104 cm³/mol. The van der Waals surface area contributed by atoms with Crippen LogP contribution in [-0.2, 0) is 16.1 Å². The molecule has 1 atom stereocenters. The molecule has 0 saturated carbocycles. The first-order valence-electron chi connectivity index (χ1n) is 8.67. The van der Waals surface area contributed by atoms with Gasteiger partial charge in [-0.25, -0.2) is 0 Å². The van der Waals surface area contributed by atoms with Crippen molar-refractivity contribution in [2.45, 2.75) is 25.4 Å². The number of benzene rings is 2. The van der Waals surface area contributed by atoms with Gasteiger partial charge in [-0.1, -0.05) is 28.1 Å². The lowest BCUT2D eigenvalue weighted by molar-refractivity contribution is -0.152. The molecule has 2 aromatic carbocycles. The van der Waals surface area contributed by atoms with Crippen molar-refractivity contribution in [2.24, 2.45) is 0 Å². The third-order valence-electron chi connectivity index (χ3n) is 4.84. The fraction of sp³-hybridized carbons (Fsp3) is 0.250. The molecule has 0 bridgehead atoms. The Morgan fingerprint density at radius 3 is 2.70 bits per heavy atom. The summed E-state index contributed by atoms with van der Waals surface area (Å²) in [6.45, 7) is 0.253. The number of halogens is 1. The van der Waals surface area contributed by atoms with Gasteiger partial charge in [0.1, 0.15) is 11.8 Å². The van der Waals surface area contributed by atoms with Crippen LogP contribution in [0.3, 0.4) is 0 Å². The number of rotatable bonds is 4. The summed E-state index contributed by atoms with van der Waals surface area (Å²) in [5.41, 5.74) is 1.77. The molecule has 0 aliphatic carbocycles. The molecule has 6 nitrogen and oxygen atoms in total. The molecule has 27 heavy (non-hydrogen) atoms. The van der Waals surface area contributed by atoms with E-state index in [0.29, 0.717) is 12.8 Å². The van der Waals surface area contributed by atoms with E-state index >= 15 is 0 Å². The van der Waals surface area contributed by atoms with Gasteiger partial charge in [0.2, 0.25) is 5.91 Å². The van der Waals surface area contributed by atoms with Crippen molar-refractivity contribution in [2.75, 3.05) is 7.11 Å². The highest BCUT2D eigenvalue weighted by atomic mass is 79.9. The maximum absolute atomic E-state index is 13.1. The topological polar surface area (TPSA) is 64.4 Å². The number of nitrogens with zero attached hydrogens (tertiary/aromatic N) is 3. The molecule has 2 amide bonds. The van der Waals surface area contributed by atoms with Crippen molar-refractivity contribution in [1.82, 2.24) is 14.7 Å². The van der Waals surface area contributed by atoms with E-state index in [4.69, 9.17) is 4.74 Å². The van der Waals surface area contributed by atoms with E-state index in [1.807, 2.05) is 42.5 Å². The molecule has 1 aliphatic rings. The highest BCUT2D eigenvalue weighted by Crippen LogP contribution is 2.29. The Morgan fingerprint density at radius 1 is 1.19 bits per heavy atom. The molecule has 0 spiro atoms. The second-order valence-corrected chi connectivity index (χ2v) is 7.43. The summed E-state index contributed by atoms with van der Waals surface area (Å²) in [6.07, 6.45) is 2.53. The summed E-state index contributed by atoms with van der Waals surface area (Å²) in [4.78, 5) is 26.8. The third-order valence-corrected chi connectivity index (χ3v) is 5.33. The predicted octanol–water partition coefficient (Wildman–Crippen LogP) is 3.70. The Bertz CT molecular complexity index is 1010. The molecule has 4 rings (SSSR count). The van der Waals surface area contributed by atoms with Crippen molar-refractivity contribution >= 4 is 38.6 Å². The number of hydrogen-bond acceptors (Lipinski definition) is 4. The number of methoxy groups -OCH3 is 1. The van der Waals surface area contributed by atoms with Crippen molar-refractivity contribution in [1.29, 1.82) is 0 Å². The average Bonchev–Trinajstić information content (AvgIpc) is 3.08. The second kappa shape index (κ2) is 7.15. The van der Waals surface area contributed by atoms with Crippen LogP contribution in [0.25, 0.3) is 10.9 Å². The van der Waals surface area contributed by atoms with Crippen LogP contribution in [0.4, 0.5) is 0 Å². The lowest BCUT2D eigenvalue weighted by Crippen LogP contribution is -2.45. The van der Waals surface area contributed by atoms with Gasteiger partial charge >= 0.3 is 0 Å². The molecule has 1 unspecified atom stereocenters. The Kier molecular flexibility index (Phi) is 4.70. The summed E-state index contributed by atoms with van der Waals surface area (Å²) in [5, 5.41) is 5.37. The number of imide groups is 1. The minimum atomic E-state index is -0.473. The SMILES string of the molecule is COc1ccc(CN2C(=O)CCC(n3ncc4cc(Br)ccc43)C2=O)cc1. The van der Waals surface area contributed by atoms with Gasteiger partial charge in [0.05, 0.1) is 25.4 Å². The normalized spacial score (nSPS) is 17.6. The smallest absolute Gasteiger partial charge is 0.254 e. The summed E-state index contributed by atoms with van der Waals surface area (Å²) in [7, 11) is 1.60. The minimum absolute atomic E-state index is 0.147. The molecule has 0 radical (unpaired) electrons. The van der Waals surface area contributed by atoms with Crippen LogP contribution >= 0.6 is 15.9 Å². The fourth-order valence-electron chi connectivity index (χ4n) is 3.40. The van der Waals surface area contributed by atoms with E-state index in [9.17, 15) is 9.59 Å². The highest BCUT2D eigenvalue weighted by molar-refractivity contribution is 9.10. The van der Waals surface area contributed by atoms with Gasteiger partial charge in [-0.15, -0.1) is 0 Å². The van der Waals surface area contributed by atoms with Gasteiger partial charge < -0.3 is 4.74 Å². The number of fused-ring (bicyclic) bond motifs is 1. The molecule has 1 aromatic heterocycles. The monoisotopic (exact) mass is 427 g/mol. The zero-order valence-corrected chi connectivity index (χ0v) is 16.3. The first-order chi connectivity index (χ1) is 13.1. The van der Waals surface area contributed by atoms with E-state index in [1.165, 1.54) is 4.90 Å². The first-order valence-corrected chi connectivity index (χ1v) is 9.46. The van der Waals surface area contributed by atoms with Gasteiger partial charge in [0.25, 0.3) is 5.91 Å². The lowest BCUT2D eigenvalue weighted by Gasteiger charge is -2.31. The van der Waals surface area contributed by atoms with Crippen LogP contribution < -0.4 is 4.74 Å². The number of carbonyl (C=O) groups excluding carboxylic acids is 2. The van der Waals surface area contributed by atoms with Crippen LogP contribution in [0.1, 0.15) is 24.4 Å². The molecule has 1 fully saturated rings. The summed E-state index contributed by atoms with van der Waals surface area (Å²) < 4.78 is 7.85. The number of likely N-dealkylation sites (tertiary alicyclic amines) is 1. The van der Waals surface area contributed by atoms with Gasteiger partial charge in [-0.3, -0.25) is 19.2 Å². The molecular formula is C20H18BrN3O3.